The molecule has 3 nitrogen and oxygen atoms in total. The minimum absolute atomic E-state index is 0.256. The lowest BCUT2D eigenvalue weighted by atomic mass is 10.0. The summed E-state index contributed by atoms with van der Waals surface area (Å²) in [5.41, 5.74) is 3.46. The van der Waals surface area contributed by atoms with Crippen molar-refractivity contribution in [3.05, 3.63) is 78.3 Å². The number of hydrogen-bond acceptors (Lipinski definition) is 3. The fraction of sp³-hybridized carbons (Fsp3) is 0.167. The molecule has 0 fully saturated rings. The first-order valence-electron chi connectivity index (χ1n) is 7.24. The van der Waals surface area contributed by atoms with Crippen LogP contribution in [0.1, 0.15) is 18.6 Å². The van der Waals surface area contributed by atoms with E-state index in [1.54, 1.807) is 6.26 Å². The van der Waals surface area contributed by atoms with Gasteiger partial charge in [-0.3, -0.25) is 5.01 Å². The van der Waals surface area contributed by atoms with Crippen LogP contribution in [-0.4, -0.2) is 11.8 Å². The number of nitrogens with zero attached hydrogens (tertiary/aromatic N) is 2. The Balaban J connectivity index is 1.73. The summed E-state index contributed by atoms with van der Waals surface area (Å²) >= 11 is 0. The largest absolute Gasteiger partial charge is 0.463 e. The zero-order chi connectivity index (χ0) is 14.1. The number of hydrazone groups is 1. The van der Waals surface area contributed by atoms with Crippen molar-refractivity contribution in [3.63, 3.8) is 0 Å². The summed E-state index contributed by atoms with van der Waals surface area (Å²) in [6.07, 6.45) is 10.3. The summed E-state index contributed by atoms with van der Waals surface area (Å²) in [6, 6.07) is 14.5. The monoisotopic (exact) mass is 276 g/mol. The van der Waals surface area contributed by atoms with Gasteiger partial charge in [-0.2, -0.15) is 5.10 Å². The number of allylic oxidation sites excluding steroid dienone is 2. The number of hydrogen-bond donors (Lipinski definition) is 0. The van der Waals surface area contributed by atoms with E-state index in [1.165, 1.54) is 5.57 Å². The number of benzene rings is 1. The van der Waals surface area contributed by atoms with E-state index in [9.17, 15) is 0 Å². The summed E-state index contributed by atoms with van der Waals surface area (Å²) in [7, 11) is 0. The third-order valence-corrected chi connectivity index (χ3v) is 3.92. The van der Waals surface area contributed by atoms with E-state index in [2.05, 4.69) is 35.4 Å². The second-order valence-corrected chi connectivity index (χ2v) is 5.27. The van der Waals surface area contributed by atoms with E-state index in [0.29, 0.717) is 0 Å². The molecule has 21 heavy (non-hydrogen) atoms. The third kappa shape index (κ3) is 2.21. The fourth-order valence-electron chi connectivity index (χ4n) is 2.90. The Labute approximate surface area is 123 Å². The molecule has 1 aliphatic heterocycles. The van der Waals surface area contributed by atoms with Crippen LogP contribution in [0.3, 0.4) is 0 Å². The van der Waals surface area contributed by atoms with Gasteiger partial charge in [0.25, 0.3) is 0 Å². The molecule has 3 heteroatoms. The molecule has 0 saturated heterocycles. The van der Waals surface area contributed by atoms with Crippen LogP contribution in [0, 0.1) is 0 Å². The predicted octanol–water partition coefficient (Wildman–Crippen LogP) is 4.15. The molecule has 104 valence electrons. The topological polar surface area (TPSA) is 28.7 Å². The van der Waals surface area contributed by atoms with Crippen LogP contribution in [0.2, 0.25) is 0 Å². The van der Waals surface area contributed by atoms with Crippen molar-refractivity contribution in [1.82, 2.24) is 0 Å². The first kappa shape index (κ1) is 12.2. The minimum Gasteiger partial charge on any atom is -0.463 e. The summed E-state index contributed by atoms with van der Waals surface area (Å²) < 4.78 is 5.52. The maximum atomic E-state index is 5.52. The second-order valence-electron chi connectivity index (χ2n) is 5.27. The summed E-state index contributed by atoms with van der Waals surface area (Å²) in [5, 5.41) is 6.92. The lowest BCUT2D eigenvalue weighted by Crippen LogP contribution is -2.27. The van der Waals surface area contributed by atoms with Gasteiger partial charge in [-0.1, -0.05) is 36.4 Å². The Morgan fingerprint density at radius 2 is 2.00 bits per heavy atom. The molecule has 1 aromatic carbocycles. The normalized spacial score (nSPS) is 20.8. The summed E-state index contributed by atoms with van der Waals surface area (Å²) in [6.45, 7) is 0. The highest BCUT2D eigenvalue weighted by Crippen LogP contribution is 2.32. The minimum atomic E-state index is 0.256. The first-order chi connectivity index (χ1) is 10.4. The van der Waals surface area contributed by atoms with Gasteiger partial charge in [-0.15, -0.1) is 0 Å². The number of anilines is 1. The maximum Gasteiger partial charge on any atom is 0.149 e. The molecule has 0 saturated carbocycles. The molecule has 1 aliphatic carbocycles. The van der Waals surface area contributed by atoms with E-state index in [-0.39, 0.29) is 6.04 Å². The molecule has 1 aromatic heterocycles. The Kier molecular flexibility index (Phi) is 2.96. The molecule has 0 spiro atoms. The Morgan fingerprint density at radius 1 is 1.10 bits per heavy atom. The molecule has 2 heterocycles. The summed E-state index contributed by atoms with van der Waals surface area (Å²) in [5.74, 6) is 0.862. The van der Waals surface area contributed by atoms with Gasteiger partial charge in [-0.05, 0) is 36.3 Å². The number of para-hydroxylation sites is 1. The smallest absolute Gasteiger partial charge is 0.149 e. The van der Waals surface area contributed by atoms with Gasteiger partial charge < -0.3 is 4.42 Å². The van der Waals surface area contributed by atoms with E-state index < -0.39 is 0 Å². The fourth-order valence-corrected chi connectivity index (χ4v) is 2.90. The van der Waals surface area contributed by atoms with Gasteiger partial charge in [-0.25, -0.2) is 0 Å². The zero-order valence-electron chi connectivity index (χ0n) is 11.6. The number of furan rings is 1. The van der Waals surface area contributed by atoms with Crippen molar-refractivity contribution in [2.24, 2.45) is 5.10 Å². The van der Waals surface area contributed by atoms with Crippen LogP contribution in [-0.2, 0) is 0 Å². The van der Waals surface area contributed by atoms with E-state index in [1.807, 2.05) is 30.3 Å². The maximum absolute atomic E-state index is 5.52. The highest BCUT2D eigenvalue weighted by atomic mass is 16.3. The lowest BCUT2D eigenvalue weighted by Gasteiger charge is -2.23. The SMILES string of the molecule is C1=CC(C2CC(c3ccco3)=NN2c2ccccc2)=CC1. The van der Waals surface area contributed by atoms with Gasteiger partial charge in [0.05, 0.1) is 18.0 Å². The quantitative estimate of drug-likeness (QED) is 0.842. The van der Waals surface area contributed by atoms with Crippen molar-refractivity contribution < 1.29 is 4.42 Å². The van der Waals surface area contributed by atoms with E-state index in [4.69, 9.17) is 9.52 Å². The number of rotatable bonds is 3. The molecular weight excluding hydrogens is 260 g/mol. The van der Waals surface area contributed by atoms with Crippen LogP contribution in [0.4, 0.5) is 5.69 Å². The van der Waals surface area contributed by atoms with Crippen LogP contribution in [0.15, 0.2) is 82.0 Å². The van der Waals surface area contributed by atoms with Crippen LogP contribution >= 0.6 is 0 Å². The van der Waals surface area contributed by atoms with Gasteiger partial charge >= 0.3 is 0 Å². The van der Waals surface area contributed by atoms with Crippen LogP contribution in [0.5, 0.6) is 0 Å². The van der Waals surface area contributed by atoms with Crippen LogP contribution < -0.4 is 5.01 Å². The second kappa shape index (κ2) is 5.09. The van der Waals surface area contributed by atoms with Gasteiger partial charge in [0, 0.05) is 6.42 Å². The van der Waals surface area contributed by atoms with Crippen molar-refractivity contribution in [1.29, 1.82) is 0 Å². The Bertz CT molecular complexity index is 711. The molecule has 2 aliphatic rings. The molecule has 4 rings (SSSR count). The average molecular weight is 276 g/mol. The highest BCUT2D eigenvalue weighted by Gasteiger charge is 2.31. The first-order valence-corrected chi connectivity index (χ1v) is 7.24. The molecular formula is C18H16N2O. The van der Waals surface area contributed by atoms with E-state index >= 15 is 0 Å². The standard InChI is InChI=1S/C18H16N2O/c1-2-9-15(10-3-1)20-17(14-7-4-5-8-14)13-16(19-20)18-11-6-12-21-18/h1-4,6-12,17H,5,13H2. The average Bonchev–Trinajstić information content (AvgIpc) is 3.27. The Morgan fingerprint density at radius 3 is 2.71 bits per heavy atom. The van der Waals surface area contributed by atoms with Crippen molar-refractivity contribution in [2.75, 3.05) is 5.01 Å². The summed E-state index contributed by atoms with van der Waals surface area (Å²) in [4.78, 5) is 0. The molecule has 0 radical (unpaired) electrons. The van der Waals surface area contributed by atoms with Gasteiger partial charge in [0.2, 0.25) is 0 Å². The molecule has 0 N–H and O–H groups in total. The van der Waals surface area contributed by atoms with Crippen LogP contribution in [0.25, 0.3) is 0 Å². The van der Waals surface area contributed by atoms with Crippen molar-refractivity contribution >= 4 is 11.4 Å². The Hall–Kier alpha value is -2.55. The lowest BCUT2D eigenvalue weighted by molar-refractivity contribution is 0.556. The van der Waals surface area contributed by atoms with Gasteiger partial charge in [0.15, 0.2) is 0 Å². The zero-order valence-corrected chi connectivity index (χ0v) is 11.6. The van der Waals surface area contributed by atoms with Gasteiger partial charge in [0.1, 0.15) is 11.5 Å². The molecule has 0 bridgehead atoms. The molecule has 1 atom stereocenters. The molecule has 1 unspecified atom stereocenters. The van der Waals surface area contributed by atoms with Crippen molar-refractivity contribution in [3.8, 4) is 0 Å². The highest BCUT2D eigenvalue weighted by molar-refractivity contribution is 6.01. The third-order valence-electron chi connectivity index (χ3n) is 3.92. The van der Waals surface area contributed by atoms with E-state index in [0.717, 1.165) is 30.0 Å². The molecule has 0 amide bonds. The molecule has 2 aromatic rings. The predicted molar refractivity (Wildman–Crippen MR) is 84.4 cm³/mol. The van der Waals surface area contributed by atoms with Crippen molar-refractivity contribution in [2.45, 2.75) is 18.9 Å².